The van der Waals surface area contributed by atoms with Crippen LogP contribution in [0.4, 0.5) is 5.69 Å². The Labute approximate surface area is 197 Å². The minimum Gasteiger partial charge on any atom is -0.494 e. The summed E-state index contributed by atoms with van der Waals surface area (Å²) < 4.78 is 11.1. The average molecular weight is 466 g/mol. The molecule has 0 fully saturated rings. The van der Waals surface area contributed by atoms with Crippen LogP contribution >= 0.6 is 11.6 Å². The standard InChI is InChI=1S/C26H24ClNO5/c1-2-32-20-11-7-18(8-12-20)24(29)17-26(31)22-5-3-4-6-23(22)28(25(26)30)15-16-33-21-13-9-19(27)10-14-21/h3-14,31H,2,15-17H2,1H3/t26-/m1/s1. The molecule has 0 radical (unpaired) electrons. The molecule has 0 spiro atoms. The van der Waals surface area contributed by atoms with Gasteiger partial charge in [0, 0.05) is 16.1 Å². The van der Waals surface area contributed by atoms with Gasteiger partial charge in [-0.3, -0.25) is 9.59 Å². The SMILES string of the molecule is CCOc1ccc(C(=O)C[C@]2(O)C(=O)N(CCOc3ccc(Cl)cc3)c3ccccc32)cc1. The molecule has 1 aliphatic rings. The van der Waals surface area contributed by atoms with Gasteiger partial charge in [0.1, 0.15) is 18.1 Å². The first-order valence-corrected chi connectivity index (χ1v) is 11.1. The zero-order valence-electron chi connectivity index (χ0n) is 18.2. The highest BCUT2D eigenvalue weighted by Crippen LogP contribution is 2.42. The maximum atomic E-state index is 13.3. The first-order chi connectivity index (χ1) is 15.9. The van der Waals surface area contributed by atoms with Gasteiger partial charge in [0.05, 0.1) is 25.3 Å². The van der Waals surface area contributed by atoms with E-state index in [1.165, 1.54) is 4.90 Å². The second-order valence-electron chi connectivity index (χ2n) is 7.69. The molecular formula is C26H24ClNO5. The minimum absolute atomic E-state index is 0.213. The number of hydrogen-bond donors (Lipinski definition) is 1. The Morgan fingerprint density at radius 3 is 2.30 bits per heavy atom. The highest BCUT2D eigenvalue weighted by molar-refractivity contribution is 6.30. The van der Waals surface area contributed by atoms with Crippen molar-refractivity contribution in [2.75, 3.05) is 24.7 Å². The zero-order chi connectivity index (χ0) is 23.4. The van der Waals surface area contributed by atoms with E-state index in [4.69, 9.17) is 21.1 Å². The fourth-order valence-corrected chi connectivity index (χ4v) is 4.05. The summed E-state index contributed by atoms with van der Waals surface area (Å²) in [4.78, 5) is 27.7. The number of anilines is 1. The number of Topliss-reactive ketones (excluding diaryl/α,β-unsaturated/α-hetero) is 1. The minimum atomic E-state index is -1.94. The molecule has 3 aromatic rings. The quantitative estimate of drug-likeness (QED) is 0.466. The molecule has 7 heteroatoms. The molecule has 0 bridgehead atoms. The predicted molar refractivity (Wildman–Crippen MR) is 126 cm³/mol. The highest BCUT2D eigenvalue weighted by atomic mass is 35.5. The molecule has 1 N–H and O–H groups in total. The lowest BCUT2D eigenvalue weighted by atomic mass is 9.88. The van der Waals surface area contributed by atoms with Crippen LogP contribution in [0.1, 0.15) is 29.3 Å². The lowest BCUT2D eigenvalue weighted by molar-refractivity contribution is -0.135. The maximum Gasteiger partial charge on any atom is 0.264 e. The summed E-state index contributed by atoms with van der Waals surface area (Å²) in [7, 11) is 0. The van der Waals surface area contributed by atoms with Gasteiger partial charge in [0.2, 0.25) is 0 Å². The number of nitrogens with zero attached hydrogens (tertiary/aromatic N) is 1. The fraction of sp³-hybridized carbons (Fsp3) is 0.231. The fourth-order valence-electron chi connectivity index (χ4n) is 3.92. The third kappa shape index (κ3) is 4.72. The smallest absolute Gasteiger partial charge is 0.264 e. The van der Waals surface area contributed by atoms with Crippen LogP contribution in [0.15, 0.2) is 72.8 Å². The van der Waals surface area contributed by atoms with Crippen molar-refractivity contribution in [2.24, 2.45) is 0 Å². The van der Waals surface area contributed by atoms with E-state index in [1.54, 1.807) is 72.8 Å². The van der Waals surface area contributed by atoms with E-state index in [2.05, 4.69) is 0 Å². The van der Waals surface area contributed by atoms with Crippen LogP contribution < -0.4 is 14.4 Å². The van der Waals surface area contributed by atoms with E-state index in [1.807, 2.05) is 6.92 Å². The zero-order valence-corrected chi connectivity index (χ0v) is 18.9. The Morgan fingerprint density at radius 1 is 0.970 bits per heavy atom. The lowest BCUT2D eigenvalue weighted by Crippen LogP contribution is -2.43. The molecule has 1 aliphatic heterocycles. The third-order valence-electron chi connectivity index (χ3n) is 5.54. The van der Waals surface area contributed by atoms with Gasteiger partial charge in [-0.05, 0) is 61.5 Å². The van der Waals surface area contributed by atoms with Crippen molar-refractivity contribution in [1.29, 1.82) is 0 Å². The Balaban J connectivity index is 1.50. The van der Waals surface area contributed by atoms with E-state index < -0.39 is 11.5 Å². The Morgan fingerprint density at radius 2 is 1.61 bits per heavy atom. The van der Waals surface area contributed by atoms with Crippen LogP contribution in [0.5, 0.6) is 11.5 Å². The van der Waals surface area contributed by atoms with Gasteiger partial charge >= 0.3 is 0 Å². The molecule has 33 heavy (non-hydrogen) atoms. The molecule has 0 aliphatic carbocycles. The number of amides is 1. The molecule has 3 aromatic carbocycles. The summed E-state index contributed by atoms with van der Waals surface area (Å²) in [6, 6.07) is 20.6. The van der Waals surface area contributed by atoms with Crippen LogP contribution in [0.3, 0.4) is 0 Å². The number of para-hydroxylation sites is 1. The van der Waals surface area contributed by atoms with Gasteiger partial charge in [-0.2, -0.15) is 0 Å². The van der Waals surface area contributed by atoms with Gasteiger partial charge in [-0.15, -0.1) is 0 Å². The normalized spacial score (nSPS) is 17.1. The molecule has 0 aromatic heterocycles. The summed E-state index contributed by atoms with van der Waals surface area (Å²) in [6.07, 6.45) is -0.356. The van der Waals surface area contributed by atoms with Crippen molar-refractivity contribution in [1.82, 2.24) is 0 Å². The number of benzene rings is 3. The summed E-state index contributed by atoms with van der Waals surface area (Å²) in [6.45, 7) is 2.84. The van der Waals surface area contributed by atoms with Gasteiger partial charge in [-0.1, -0.05) is 29.8 Å². The monoisotopic (exact) mass is 465 g/mol. The summed E-state index contributed by atoms with van der Waals surface area (Å²) in [5.74, 6) is 0.410. The van der Waals surface area contributed by atoms with Gasteiger partial charge in [0.25, 0.3) is 5.91 Å². The van der Waals surface area contributed by atoms with Crippen molar-refractivity contribution < 1.29 is 24.2 Å². The molecular weight excluding hydrogens is 442 g/mol. The van der Waals surface area contributed by atoms with Crippen molar-refractivity contribution in [3.8, 4) is 11.5 Å². The third-order valence-corrected chi connectivity index (χ3v) is 5.79. The van der Waals surface area contributed by atoms with Gasteiger partial charge < -0.3 is 19.5 Å². The van der Waals surface area contributed by atoms with Crippen molar-refractivity contribution in [3.63, 3.8) is 0 Å². The van der Waals surface area contributed by atoms with Crippen LogP contribution in [-0.4, -0.2) is 36.6 Å². The first kappa shape index (κ1) is 22.8. The van der Waals surface area contributed by atoms with Gasteiger partial charge in [-0.25, -0.2) is 0 Å². The van der Waals surface area contributed by atoms with Crippen LogP contribution in [0.2, 0.25) is 5.02 Å². The number of halogens is 1. The topological polar surface area (TPSA) is 76.1 Å². The Kier molecular flexibility index (Phi) is 6.67. The van der Waals surface area contributed by atoms with Gasteiger partial charge in [0.15, 0.2) is 11.4 Å². The number of aliphatic hydroxyl groups is 1. The predicted octanol–water partition coefficient (Wildman–Crippen LogP) is 4.62. The average Bonchev–Trinajstić information content (AvgIpc) is 3.03. The van der Waals surface area contributed by atoms with E-state index >= 15 is 0 Å². The van der Waals surface area contributed by atoms with E-state index in [9.17, 15) is 14.7 Å². The molecule has 0 saturated heterocycles. The number of ether oxygens (including phenoxy) is 2. The number of fused-ring (bicyclic) bond motifs is 1. The summed E-state index contributed by atoms with van der Waals surface area (Å²) >= 11 is 5.89. The molecule has 0 saturated carbocycles. The first-order valence-electron chi connectivity index (χ1n) is 10.7. The van der Waals surface area contributed by atoms with E-state index in [0.717, 1.165) is 0 Å². The Bertz CT molecular complexity index is 1150. The second-order valence-corrected chi connectivity index (χ2v) is 8.13. The summed E-state index contributed by atoms with van der Waals surface area (Å²) in [5, 5.41) is 12.0. The number of hydrogen-bond acceptors (Lipinski definition) is 5. The largest absolute Gasteiger partial charge is 0.494 e. The molecule has 1 heterocycles. The molecule has 4 rings (SSSR count). The number of carbonyl (C=O) groups excluding carboxylic acids is 2. The molecule has 6 nitrogen and oxygen atoms in total. The van der Waals surface area contributed by atoms with E-state index in [0.29, 0.717) is 39.9 Å². The van der Waals surface area contributed by atoms with Crippen LogP contribution in [-0.2, 0) is 10.4 Å². The molecule has 0 unspecified atom stereocenters. The highest BCUT2D eigenvalue weighted by Gasteiger charge is 2.50. The maximum absolute atomic E-state index is 13.3. The molecule has 170 valence electrons. The second kappa shape index (κ2) is 9.65. The van der Waals surface area contributed by atoms with E-state index in [-0.39, 0.29) is 25.4 Å². The van der Waals surface area contributed by atoms with Crippen LogP contribution in [0.25, 0.3) is 0 Å². The number of ketones is 1. The number of rotatable bonds is 9. The molecule has 1 amide bonds. The lowest BCUT2D eigenvalue weighted by Gasteiger charge is -2.23. The van der Waals surface area contributed by atoms with Crippen molar-refractivity contribution in [2.45, 2.75) is 18.9 Å². The van der Waals surface area contributed by atoms with Crippen LogP contribution in [0, 0.1) is 0 Å². The summed E-state index contributed by atoms with van der Waals surface area (Å²) in [5.41, 5.74) is -0.543. The van der Waals surface area contributed by atoms with Crippen molar-refractivity contribution >= 4 is 29.0 Å². The van der Waals surface area contributed by atoms with Crippen molar-refractivity contribution in [3.05, 3.63) is 88.9 Å². The Hall–Kier alpha value is -3.35. The number of carbonyl (C=O) groups is 2. The molecule has 1 atom stereocenters.